The second-order valence-corrected chi connectivity index (χ2v) is 5.41. The van der Waals surface area contributed by atoms with Gasteiger partial charge in [0.25, 0.3) is 0 Å². The molecule has 1 heterocycles. The first-order valence-corrected chi connectivity index (χ1v) is 7.18. The van der Waals surface area contributed by atoms with Gasteiger partial charge in [-0.3, -0.25) is 20.0 Å². The summed E-state index contributed by atoms with van der Waals surface area (Å²) >= 11 is 3.30. The summed E-state index contributed by atoms with van der Waals surface area (Å²) in [6.07, 6.45) is 5.37. The molecule has 2 rings (SSSR count). The van der Waals surface area contributed by atoms with Crippen LogP contribution in [0.2, 0.25) is 0 Å². The highest BCUT2D eigenvalue weighted by Gasteiger charge is 2.27. The van der Waals surface area contributed by atoms with Crippen LogP contribution in [0.3, 0.4) is 0 Å². The normalized spacial score (nSPS) is 14.7. The van der Waals surface area contributed by atoms with Crippen LogP contribution < -0.4 is 5.32 Å². The Kier molecular flexibility index (Phi) is 4.71. The van der Waals surface area contributed by atoms with Crippen molar-refractivity contribution in [2.45, 2.75) is 25.8 Å². The molecule has 0 amide bonds. The van der Waals surface area contributed by atoms with Crippen molar-refractivity contribution in [3.63, 3.8) is 0 Å². The van der Waals surface area contributed by atoms with Crippen LogP contribution in [-0.2, 0) is 0 Å². The van der Waals surface area contributed by atoms with Gasteiger partial charge in [-0.1, -0.05) is 6.92 Å². The lowest BCUT2D eigenvalue weighted by Gasteiger charge is -2.20. The summed E-state index contributed by atoms with van der Waals surface area (Å²) in [6.45, 7) is 4.75. The number of aromatic nitrogens is 1. The molecule has 0 aliphatic heterocycles. The average Bonchev–Trinajstić information content (AvgIpc) is 3.20. The lowest BCUT2D eigenvalue weighted by molar-refractivity contribution is -0.384. The van der Waals surface area contributed by atoms with Gasteiger partial charge in [0.2, 0.25) is 0 Å². The van der Waals surface area contributed by atoms with E-state index < -0.39 is 4.92 Å². The Bertz CT molecular complexity index is 465. The summed E-state index contributed by atoms with van der Waals surface area (Å²) in [5.74, 6) is 0. The van der Waals surface area contributed by atoms with E-state index >= 15 is 0 Å². The number of anilines is 1. The Morgan fingerprint density at radius 2 is 2.32 bits per heavy atom. The number of hydrogen-bond acceptors (Lipinski definition) is 5. The van der Waals surface area contributed by atoms with Crippen LogP contribution in [0.4, 0.5) is 11.4 Å². The van der Waals surface area contributed by atoms with Crippen LogP contribution in [0, 0.1) is 10.1 Å². The fraction of sp³-hybridized carbons (Fsp3) is 0.583. The monoisotopic (exact) mass is 328 g/mol. The van der Waals surface area contributed by atoms with Gasteiger partial charge in [0.05, 0.1) is 9.40 Å². The third-order valence-electron chi connectivity index (χ3n) is 3.25. The van der Waals surface area contributed by atoms with Crippen LogP contribution in [0.15, 0.2) is 16.9 Å². The minimum absolute atomic E-state index is 0.00356. The summed E-state index contributed by atoms with van der Waals surface area (Å²) in [7, 11) is 0. The summed E-state index contributed by atoms with van der Waals surface area (Å²) in [5, 5.41) is 14.1. The maximum absolute atomic E-state index is 10.9. The van der Waals surface area contributed by atoms with E-state index in [0.717, 1.165) is 13.1 Å². The maximum atomic E-state index is 10.9. The van der Waals surface area contributed by atoms with Crippen LogP contribution >= 0.6 is 15.9 Å². The lowest BCUT2D eigenvalue weighted by Crippen LogP contribution is -2.31. The molecule has 0 spiro atoms. The number of halogens is 1. The van der Waals surface area contributed by atoms with Crippen molar-refractivity contribution in [1.29, 1.82) is 0 Å². The predicted molar refractivity (Wildman–Crippen MR) is 77.4 cm³/mol. The molecule has 0 aromatic carbocycles. The number of nitrogens with zero attached hydrogens (tertiary/aromatic N) is 3. The van der Waals surface area contributed by atoms with E-state index in [9.17, 15) is 10.1 Å². The Morgan fingerprint density at radius 3 is 2.89 bits per heavy atom. The molecular weight excluding hydrogens is 312 g/mol. The van der Waals surface area contributed by atoms with E-state index in [-0.39, 0.29) is 5.69 Å². The zero-order valence-corrected chi connectivity index (χ0v) is 12.4. The molecule has 6 nitrogen and oxygen atoms in total. The molecule has 104 valence electrons. The SMILES string of the molecule is CCN(CCNc1c(Br)cncc1[N+](=O)[O-])C1CC1. The largest absolute Gasteiger partial charge is 0.377 e. The second kappa shape index (κ2) is 6.29. The van der Waals surface area contributed by atoms with E-state index in [1.165, 1.54) is 19.0 Å². The van der Waals surface area contributed by atoms with Gasteiger partial charge in [0.15, 0.2) is 0 Å². The summed E-state index contributed by atoms with van der Waals surface area (Å²) in [6, 6.07) is 0.711. The second-order valence-electron chi connectivity index (χ2n) is 4.56. The van der Waals surface area contributed by atoms with Crippen molar-refractivity contribution in [2.24, 2.45) is 0 Å². The fourth-order valence-corrected chi connectivity index (χ4v) is 2.56. The molecule has 0 radical (unpaired) electrons. The standard InChI is InChI=1S/C12H17BrN4O2/c1-2-16(9-3-4-9)6-5-15-12-10(13)7-14-8-11(12)17(18)19/h7-9H,2-6H2,1H3,(H,14,15). The van der Waals surface area contributed by atoms with Gasteiger partial charge in [-0.25, -0.2) is 0 Å². The summed E-state index contributed by atoms with van der Waals surface area (Å²) in [5.41, 5.74) is 0.510. The van der Waals surface area contributed by atoms with Crippen LogP contribution in [-0.4, -0.2) is 40.5 Å². The van der Waals surface area contributed by atoms with Gasteiger partial charge < -0.3 is 5.32 Å². The van der Waals surface area contributed by atoms with Gasteiger partial charge >= 0.3 is 5.69 Å². The molecule has 1 fully saturated rings. The predicted octanol–water partition coefficient (Wildman–Crippen LogP) is 2.65. The van der Waals surface area contributed by atoms with E-state index in [1.807, 2.05) is 0 Å². The van der Waals surface area contributed by atoms with E-state index in [0.29, 0.717) is 22.7 Å². The van der Waals surface area contributed by atoms with Crippen LogP contribution in [0.5, 0.6) is 0 Å². The van der Waals surface area contributed by atoms with Gasteiger partial charge in [-0.2, -0.15) is 0 Å². The molecule has 0 unspecified atom stereocenters. The lowest BCUT2D eigenvalue weighted by atomic mass is 10.3. The number of likely N-dealkylation sites (N-methyl/N-ethyl adjacent to an activating group) is 1. The molecule has 0 bridgehead atoms. The smallest absolute Gasteiger partial charge is 0.311 e. The number of pyridine rings is 1. The van der Waals surface area contributed by atoms with Crippen molar-refractivity contribution in [3.8, 4) is 0 Å². The first-order valence-electron chi connectivity index (χ1n) is 6.39. The molecule has 1 aliphatic carbocycles. The molecule has 1 aromatic heterocycles. The molecule has 19 heavy (non-hydrogen) atoms. The van der Waals surface area contributed by atoms with Gasteiger partial charge in [0.1, 0.15) is 11.9 Å². The zero-order chi connectivity index (χ0) is 13.8. The van der Waals surface area contributed by atoms with E-state index in [1.54, 1.807) is 6.20 Å². The first kappa shape index (κ1) is 14.2. The molecule has 1 N–H and O–H groups in total. The maximum Gasteiger partial charge on any atom is 0.311 e. The van der Waals surface area contributed by atoms with Crippen molar-refractivity contribution in [2.75, 3.05) is 25.0 Å². The molecule has 1 aromatic rings. The van der Waals surface area contributed by atoms with Crippen molar-refractivity contribution < 1.29 is 4.92 Å². The molecular formula is C12H17BrN4O2. The van der Waals surface area contributed by atoms with E-state index in [2.05, 4.69) is 38.1 Å². The number of nitrogens with one attached hydrogen (secondary N) is 1. The third kappa shape index (κ3) is 3.63. The summed E-state index contributed by atoms with van der Waals surface area (Å²) < 4.78 is 0.621. The van der Waals surface area contributed by atoms with Crippen molar-refractivity contribution in [3.05, 3.63) is 27.0 Å². The molecule has 7 heteroatoms. The average molecular weight is 329 g/mol. The van der Waals surface area contributed by atoms with Gasteiger partial charge in [-0.15, -0.1) is 0 Å². The Balaban J connectivity index is 1.96. The van der Waals surface area contributed by atoms with Gasteiger partial charge in [-0.05, 0) is 35.3 Å². The Morgan fingerprint density at radius 1 is 1.58 bits per heavy atom. The summed E-state index contributed by atoms with van der Waals surface area (Å²) in [4.78, 5) is 16.7. The third-order valence-corrected chi connectivity index (χ3v) is 3.85. The number of nitro groups is 1. The molecule has 1 saturated carbocycles. The van der Waals surface area contributed by atoms with Crippen LogP contribution in [0.1, 0.15) is 19.8 Å². The van der Waals surface area contributed by atoms with Crippen molar-refractivity contribution in [1.82, 2.24) is 9.88 Å². The minimum Gasteiger partial charge on any atom is -0.377 e. The minimum atomic E-state index is -0.418. The Hall–Kier alpha value is -1.21. The molecule has 0 saturated heterocycles. The quantitative estimate of drug-likeness (QED) is 0.615. The van der Waals surface area contributed by atoms with Crippen molar-refractivity contribution >= 4 is 27.3 Å². The highest BCUT2D eigenvalue weighted by atomic mass is 79.9. The fourth-order valence-electron chi connectivity index (χ4n) is 2.10. The van der Waals surface area contributed by atoms with Gasteiger partial charge in [0, 0.05) is 25.3 Å². The first-order chi connectivity index (χ1) is 9.13. The van der Waals surface area contributed by atoms with E-state index in [4.69, 9.17) is 0 Å². The molecule has 0 atom stereocenters. The highest BCUT2D eigenvalue weighted by Crippen LogP contribution is 2.31. The van der Waals surface area contributed by atoms with Crippen LogP contribution in [0.25, 0.3) is 0 Å². The topological polar surface area (TPSA) is 71.3 Å². The number of hydrogen-bond donors (Lipinski definition) is 1. The zero-order valence-electron chi connectivity index (χ0n) is 10.8. The molecule has 1 aliphatic rings. The highest BCUT2D eigenvalue weighted by molar-refractivity contribution is 9.10. The Labute approximate surface area is 120 Å². The number of rotatable bonds is 7.